The molecule has 1 aromatic rings. The molecule has 0 heterocycles. The van der Waals surface area contributed by atoms with Gasteiger partial charge in [-0.05, 0) is 53.4 Å². The van der Waals surface area contributed by atoms with Crippen LogP contribution in [0, 0.1) is 0 Å². The van der Waals surface area contributed by atoms with Crippen molar-refractivity contribution >= 4 is 49.4 Å². The lowest BCUT2D eigenvalue weighted by molar-refractivity contribution is 0.0597. The molecule has 98 valence electrons. The van der Waals surface area contributed by atoms with Gasteiger partial charge >= 0.3 is 0 Å². The molecule has 0 bridgehead atoms. The predicted molar refractivity (Wildman–Crippen MR) is 81.2 cm³/mol. The van der Waals surface area contributed by atoms with Gasteiger partial charge < -0.3 is 4.90 Å². The molecule has 1 saturated carbocycles. The normalized spacial score (nSPS) is 15.3. The van der Waals surface area contributed by atoms with Gasteiger partial charge in [-0.2, -0.15) is 0 Å². The summed E-state index contributed by atoms with van der Waals surface area (Å²) in [4.78, 5) is 14.5. The van der Waals surface area contributed by atoms with Gasteiger partial charge in [-0.25, -0.2) is 0 Å². The lowest BCUT2D eigenvalue weighted by Crippen LogP contribution is -2.45. The van der Waals surface area contributed by atoms with Crippen LogP contribution in [0.3, 0.4) is 0 Å². The number of carbonyl (C=O) groups excluding carboxylic acids is 1. The molecule has 0 aliphatic heterocycles. The van der Waals surface area contributed by atoms with Gasteiger partial charge in [0.15, 0.2) is 0 Å². The summed E-state index contributed by atoms with van der Waals surface area (Å²) < 4.78 is 1.74. The van der Waals surface area contributed by atoms with E-state index in [0.717, 1.165) is 21.8 Å². The molecule has 0 atom stereocenters. The van der Waals surface area contributed by atoms with E-state index in [0.29, 0.717) is 24.0 Å². The standard InChI is InChI=1S/C13H14Br2ClNO/c14-9-4-5-12(15)11(8-9)13(18)17(7-6-16)10-2-1-3-10/h4-5,8,10H,1-3,6-7H2. The fourth-order valence-electron chi connectivity index (χ4n) is 2.06. The van der Waals surface area contributed by atoms with E-state index in [2.05, 4.69) is 31.9 Å². The minimum atomic E-state index is 0.0634. The van der Waals surface area contributed by atoms with Crippen molar-refractivity contribution in [1.82, 2.24) is 4.90 Å². The Hall–Kier alpha value is -0.0600. The van der Waals surface area contributed by atoms with E-state index in [1.807, 2.05) is 23.1 Å². The monoisotopic (exact) mass is 393 g/mol. The Kier molecular flexibility index (Phi) is 5.10. The molecule has 2 rings (SSSR count). The third-order valence-corrected chi connectivity index (χ3v) is 4.61. The Morgan fingerprint density at radius 3 is 2.67 bits per heavy atom. The largest absolute Gasteiger partial charge is 0.334 e. The minimum absolute atomic E-state index is 0.0634. The molecule has 0 radical (unpaired) electrons. The van der Waals surface area contributed by atoms with Crippen molar-refractivity contribution in [3.05, 3.63) is 32.7 Å². The van der Waals surface area contributed by atoms with E-state index in [4.69, 9.17) is 11.6 Å². The first-order chi connectivity index (χ1) is 8.63. The summed E-state index contributed by atoms with van der Waals surface area (Å²) in [6.45, 7) is 0.615. The molecule has 0 N–H and O–H groups in total. The molecule has 1 aliphatic rings. The SMILES string of the molecule is O=C(c1cc(Br)ccc1Br)N(CCCl)C1CCC1. The van der Waals surface area contributed by atoms with Crippen LogP contribution in [0.4, 0.5) is 0 Å². The zero-order valence-corrected chi connectivity index (χ0v) is 13.8. The second-order valence-corrected chi connectivity index (χ2v) is 6.54. The number of alkyl halides is 1. The van der Waals surface area contributed by atoms with Gasteiger partial charge in [-0.15, -0.1) is 11.6 Å². The van der Waals surface area contributed by atoms with Crippen LogP contribution < -0.4 is 0 Å². The van der Waals surface area contributed by atoms with Crippen molar-refractivity contribution in [2.45, 2.75) is 25.3 Å². The highest BCUT2D eigenvalue weighted by Gasteiger charge is 2.29. The van der Waals surface area contributed by atoms with Crippen LogP contribution >= 0.6 is 43.5 Å². The van der Waals surface area contributed by atoms with Crippen LogP contribution in [0.15, 0.2) is 27.1 Å². The van der Waals surface area contributed by atoms with Crippen LogP contribution in [-0.2, 0) is 0 Å². The van der Waals surface area contributed by atoms with Gasteiger partial charge in [0.05, 0.1) is 5.56 Å². The van der Waals surface area contributed by atoms with Crippen LogP contribution in [0.2, 0.25) is 0 Å². The average molecular weight is 396 g/mol. The van der Waals surface area contributed by atoms with Crippen LogP contribution in [-0.4, -0.2) is 29.3 Å². The van der Waals surface area contributed by atoms with E-state index >= 15 is 0 Å². The summed E-state index contributed by atoms with van der Waals surface area (Å²) in [7, 11) is 0. The van der Waals surface area contributed by atoms with E-state index in [-0.39, 0.29) is 5.91 Å². The summed E-state index contributed by atoms with van der Waals surface area (Å²) in [6, 6.07) is 6.02. The highest BCUT2D eigenvalue weighted by atomic mass is 79.9. The highest BCUT2D eigenvalue weighted by molar-refractivity contribution is 9.11. The summed E-state index contributed by atoms with van der Waals surface area (Å²) in [5, 5.41) is 0. The Morgan fingerprint density at radius 1 is 1.39 bits per heavy atom. The lowest BCUT2D eigenvalue weighted by atomic mass is 9.91. The smallest absolute Gasteiger partial charge is 0.255 e. The first kappa shape index (κ1) is 14.4. The summed E-state index contributed by atoms with van der Waals surface area (Å²) in [5.74, 6) is 0.543. The fraction of sp³-hybridized carbons (Fsp3) is 0.462. The predicted octanol–water partition coefficient (Wildman–Crippen LogP) is 4.45. The molecule has 1 aliphatic carbocycles. The molecule has 5 heteroatoms. The van der Waals surface area contributed by atoms with Crippen molar-refractivity contribution in [2.24, 2.45) is 0 Å². The van der Waals surface area contributed by atoms with E-state index in [9.17, 15) is 4.79 Å². The summed E-state index contributed by atoms with van der Waals surface area (Å²) >= 11 is 12.7. The summed E-state index contributed by atoms with van der Waals surface area (Å²) in [6.07, 6.45) is 3.39. The second-order valence-electron chi connectivity index (χ2n) is 4.40. The van der Waals surface area contributed by atoms with Gasteiger partial charge in [0, 0.05) is 27.4 Å². The first-order valence-electron chi connectivity index (χ1n) is 5.95. The number of hydrogen-bond donors (Lipinski definition) is 0. The van der Waals surface area contributed by atoms with Gasteiger partial charge in [0.2, 0.25) is 0 Å². The Bertz CT molecular complexity index is 449. The number of benzene rings is 1. The lowest BCUT2D eigenvalue weighted by Gasteiger charge is -2.37. The molecule has 0 unspecified atom stereocenters. The molecule has 1 aromatic carbocycles. The van der Waals surface area contributed by atoms with Crippen molar-refractivity contribution in [1.29, 1.82) is 0 Å². The Morgan fingerprint density at radius 2 is 2.11 bits per heavy atom. The number of amides is 1. The number of rotatable bonds is 4. The molecule has 0 aromatic heterocycles. The van der Waals surface area contributed by atoms with Crippen molar-refractivity contribution in [3.8, 4) is 0 Å². The number of nitrogens with zero attached hydrogens (tertiary/aromatic N) is 1. The highest BCUT2D eigenvalue weighted by Crippen LogP contribution is 2.29. The zero-order chi connectivity index (χ0) is 13.1. The van der Waals surface area contributed by atoms with Gasteiger partial charge in [0.25, 0.3) is 5.91 Å². The number of carbonyl (C=O) groups is 1. The van der Waals surface area contributed by atoms with Gasteiger partial charge in [-0.3, -0.25) is 4.79 Å². The molecule has 18 heavy (non-hydrogen) atoms. The Balaban J connectivity index is 2.23. The third-order valence-electron chi connectivity index (χ3n) is 3.26. The van der Waals surface area contributed by atoms with Crippen LogP contribution in [0.5, 0.6) is 0 Å². The first-order valence-corrected chi connectivity index (χ1v) is 8.07. The third kappa shape index (κ3) is 3.09. The van der Waals surface area contributed by atoms with E-state index in [1.165, 1.54) is 6.42 Å². The average Bonchev–Trinajstić information content (AvgIpc) is 2.28. The zero-order valence-electron chi connectivity index (χ0n) is 9.83. The molecule has 1 fully saturated rings. The van der Waals surface area contributed by atoms with Crippen molar-refractivity contribution < 1.29 is 4.79 Å². The Labute approximate surface area is 129 Å². The quantitative estimate of drug-likeness (QED) is 0.690. The van der Waals surface area contributed by atoms with Crippen molar-refractivity contribution in [3.63, 3.8) is 0 Å². The maximum absolute atomic E-state index is 12.6. The molecule has 1 amide bonds. The van der Waals surface area contributed by atoms with Crippen LogP contribution in [0.1, 0.15) is 29.6 Å². The van der Waals surface area contributed by atoms with Crippen LogP contribution in [0.25, 0.3) is 0 Å². The van der Waals surface area contributed by atoms with Gasteiger partial charge in [-0.1, -0.05) is 15.9 Å². The number of hydrogen-bond acceptors (Lipinski definition) is 1. The summed E-state index contributed by atoms with van der Waals surface area (Å²) in [5.41, 5.74) is 0.696. The number of halogens is 3. The molecule has 0 saturated heterocycles. The van der Waals surface area contributed by atoms with Gasteiger partial charge in [0.1, 0.15) is 0 Å². The van der Waals surface area contributed by atoms with Crippen molar-refractivity contribution in [2.75, 3.05) is 12.4 Å². The second kappa shape index (κ2) is 6.40. The maximum atomic E-state index is 12.6. The van der Waals surface area contributed by atoms with E-state index < -0.39 is 0 Å². The minimum Gasteiger partial charge on any atom is -0.334 e. The van der Waals surface area contributed by atoms with E-state index in [1.54, 1.807) is 0 Å². The topological polar surface area (TPSA) is 20.3 Å². The molecular weight excluding hydrogens is 381 g/mol. The molecule has 0 spiro atoms. The fourth-order valence-corrected chi connectivity index (χ4v) is 3.01. The molecule has 2 nitrogen and oxygen atoms in total. The maximum Gasteiger partial charge on any atom is 0.255 e. The molecular formula is C13H14Br2ClNO.